The van der Waals surface area contributed by atoms with Crippen molar-refractivity contribution < 1.29 is 14.6 Å². The van der Waals surface area contributed by atoms with Crippen molar-refractivity contribution in [2.45, 2.75) is 32.2 Å². The molecule has 0 aromatic heterocycles. The minimum atomic E-state index is -0.102. The van der Waals surface area contributed by atoms with Crippen LogP contribution in [-0.2, 0) is 9.53 Å². The van der Waals surface area contributed by atoms with E-state index < -0.39 is 0 Å². The van der Waals surface area contributed by atoms with Gasteiger partial charge < -0.3 is 15.2 Å². The average Bonchev–Trinajstić information content (AvgIpc) is 2.14. The molecule has 2 N–H and O–H groups in total. The molecule has 78 valence electrons. The van der Waals surface area contributed by atoms with Gasteiger partial charge in [0, 0.05) is 20.1 Å². The van der Waals surface area contributed by atoms with Gasteiger partial charge in [-0.2, -0.15) is 0 Å². The normalized spacial score (nSPS) is 12.5. The van der Waals surface area contributed by atoms with Gasteiger partial charge in [-0.15, -0.1) is 0 Å². The van der Waals surface area contributed by atoms with Gasteiger partial charge in [-0.3, -0.25) is 4.79 Å². The Hall–Kier alpha value is -0.610. The van der Waals surface area contributed by atoms with E-state index in [4.69, 9.17) is 9.84 Å². The summed E-state index contributed by atoms with van der Waals surface area (Å²) in [6.45, 7) is 2.53. The van der Waals surface area contributed by atoms with Crippen LogP contribution in [0.5, 0.6) is 0 Å². The highest BCUT2D eigenvalue weighted by molar-refractivity contribution is 5.76. The van der Waals surface area contributed by atoms with Crippen LogP contribution in [0.4, 0.5) is 0 Å². The van der Waals surface area contributed by atoms with Crippen LogP contribution in [0.3, 0.4) is 0 Å². The molecule has 0 radical (unpaired) electrons. The number of aliphatic hydroxyl groups excluding tert-OH is 1. The molecule has 4 heteroatoms. The Kier molecular flexibility index (Phi) is 7.63. The number of amides is 1. The second-order valence-electron chi connectivity index (χ2n) is 2.95. The van der Waals surface area contributed by atoms with E-state index in [2.05, 4.69) is 5.32 Å². The lowest BCUT2D eigenvalue weighted by atomic mass is 10.2. The van der Waals surface area contributed by atoms with E-state index in [0.29, 0.717) is 13.0 Å². The van der Waals surface area contributed by atoms with E-state index in [0.717, 1.165) is 12.8 Å². The first-order valence-electron chi connectivity index (χ1n) is 4.63. The standard InChI is InChI=1S/C9H19NO3/c1-3-8(7-11)10-9(12)5-4-6-13-2/h8,11H,3-7H2,1-2H3,(H,10,12)/t8-/m1/s1. The van der Waals surface area contributed by atoms with Gasteiger partial charge in [0.25, 0.3) is 0 Å². The molecule has 0 fully saturated rings. The predicted molar refractivity (Wildman–Crippen MR) is 50.4 cm³/mol. The summed E-state index contributed by atoms with van der Waals surface area (Å²) >= 11 is 0. The maximum atomic E-state index is 11.2. The summed E-state index contributed by atoms with van der Waals surface area (Å²) < 4.78 is 4.82. The van der Waals surface area contributed by atoms with Crippen molar-refractivity contribution in [3.05, 3.63) is 0 Å². The summed E-state index contributed by atoms with van der Waals surface area (Å²) in [5.41, 5.74) is 0. The van der Waals surface area contributed by atoms with E-state index in [1.807, 2.05) is 6.92 Å². The lowest BCUT2D eigenvalue weighted by Crippen LogP contribution is -2.36. The molecular weight excluding hydrogens is 170 g/mol. The Morgan fingerprint density at radius 2 is 2.31 bits per heavy atom. The van der Waals surface area contributed by atoms with Gasteiger partial charge in [0.2, 0.25) is 5.91 Å². The Morgan fingerprint density at radius 1 is 1.62 bits per heavy atom. The maximum absolute atomic E-state index is 11.2. The van der Waals surface area contributed by atoms with Crippen LogP contribution in [-0.4, -0.2) is 37.4 Å². The van der Waals surface area contributed by atoms with E-state index in [1.54, 1.807) is 7.11 Å². The quantitative estimate of drug-likeness (QED) is 0.566. The monoisotopic (exact) mass is 189 g/mol. The number of ether oxygens (including phenoxy) is 1. The SMILES string of the molecule is CC[C@H](CO)NC(=O)CCCOC. The number of methoxy groups -OCH3 is 1. The minimum absolute atomic E-state index is 0.00647. The summed E-state index contributed by atoms with van der Waals surface area (Å²) in [6.07, 6.45) is 1.95. The summed E-state index contributed by atoms with van der Waals surface area (Å²) in [5.74, 6) is -0.0158. The van der Waals surface area contributed by atoms with Gasteiger partial charge in [-0.05, 0) is 12.8 Å². The third-order valence-electron chi connectivity index (χ3n) is 1.83. The molecule has 0 aliphatic heterocycles. The molecule has 0 spiro atoms. The van der Waals surface area contributed by atoms with E-state index in [-0.39, 0.29) is 18.6 Å². The molecule has 1 amide bonds. The number of nitrogens with one attached hydrogen (secondary N) is 1. The van der Waals surface area contributed by atoms with E-state index in [9.17, 15) is 4.79 Å². The average molecular weight is 189 g/mol. The van der Waals surface area contributed by atoms with E-state index in [1.165, 1.54) is 0 Å². The molecule has 0 aromatic carbocycles. The van der Waals surface area contributed by atoms with Gasteiger partial charge in [0.05, 0.1) is 12.6 Å². The molecule has 0 bridgehead atoms. The fourth-order valence-electron chi connectivity index (χ4n) is 0.954. The molecule has 0 rings (SSSR count). The summed E-state index contributed by atoms with van der Waals surface area (Å²) in [7, 11) is 1.61. The Balaban J connectivity index is 3.48. The molecule has 0 saturated carbocycles. The highest BCUT2D eigenvalue weighted by Gasteiger charge is 2.07. The van der Waals surface area contributed by atoms with Crippen molar-refractivity contribution in [2.24, 2.45) is 0 Å². The van der Waals surface area contributed by atoms with Gasteiger partial charge in [0.1, 0.15) is 0 Å². The largest absolute Gasteiger partial charge is 0.394 e. The first kappa shape index (κ1) is 12.4. The van der Waals surface area contributed by atoms with Gasteiger partial charge in [-0.1, -0.05) is 6.92 Å². The summed E-state index contributed by atoms with van der Waals surface area (Å²) in [6, 6.07) is -0.102. The molecule has 13 heavy (non-hydrogen) atoms. The van der Waals surface area contributed by atoms with Gasteiger partial charge in [0.15, 0.2) is 0 Å². The lowest BCUT2D eigenvalue weighted by Gasteiger charge is -2.13. The first-order chi connectivity index (χ1) is 6.24. The number of hydrogen-bond acceptors (Lipinski definition) is 3. The molecule has 0 unspecified atom stereocenters. The van der Waals surface area contributed by atoms with Crippen molar-refractivity contribution in [2.75, 3.05) is 20.3 Å². The summed E-state index contributed by atoms with van der Waals surface area (Å²) in [4.78, 5) is 11.2. The lowest BCUT2D eigenvalue weighted by molar-refractivity contribution is -0.122. The number of carbonyl (C=O) groups is 1. The van der Waals surface area contributed by atoms with Crippen LogP contribution >= 0.6 is 0 Å². The van der Waals surface area contributed by atoms with Crippen LogP contribution in [0.25, 0.3) is 0 Å². The number of hydrogen-bond donors (Lipinski definition) is 2. The smallest absolute Gasteiger partial charge is 0.220 e. The van der Waals surface area contributed by atoms with Crippen molar-refractivity contribution in [3.8, 4) is 0 Å². The number of aliphatic hydroxyl groups is 1. The van der Waals surface area contributed by atoms with Crippen LogP contribution in [0.1, 0.15) is 26.2 Å². The summed E-state index contributed by atoms with van der Waals surface area (Å²) in [5, 5.41) is 11.5. The van der Waals surface area contributed by atoms with Gasteiger partial charge >= 0.3 is 0 Å². The third kappa shape index (κ3) is 6.54. The van der Waals surface area contributed by atoms with Crippen LogP contribution in [0.15, 0.2) is 0 Å². The molecule has 4 nitrogen and oxygen atoms in total. The van der Waals surface area contributed by atoms with Crippen molar-refractivity contribution in [1.82, 2.24) is 5.32 Å². The predicted octanol–water partition coefficient (Wildman–Crippen LogP) is 0.300. The Bertz CT molecular complexity index is 135. The van der Waals surface area contributed by atoms with Crippen molar-refractivity contribution >= 4 is 5.91 Å². The third-order valence-corrected chi connectivity index (χ3v) is 1.83. The van der Waals surface area contributed by atoms with E-state index >= 15 is 0 Å². The Morgan fingerprint density at radius 3 is 2.77 bits per heavy atom. The van der Waals surface area contributed by atoms with Crippen molar-refractivity contribution in [3.63, 3.8) is 0 Å². The minimum Gasteiger partial charge on any atom is -0.394 e. The molecule has 0 heterocycles. The first-order valence-corrected chi connectivity index (χ1v) is 4.63. The molecular formula is C9H19NO3. The van der Waals surface area contributed by atoms with Gasteiger partial charge in [-0.25, -0.2) is 0 Å². The molecule has 1 atom stereocenters. The Labute approximate surface area is 79.3 Å². The molecule has 0 aromatic rings. The maximum Gasteiger partial charge on any atom is 0.220 e. The van der Waals surface area contributed by atoms with Crippen LogP contribution in [0, 0.1) is 0 Å². The number of carbonyl (C=O) groups excluding carboxylic acids is 1. The molecule has 0 aliphatic carbocycles. The van der Waals surface area contributed by atoms with Crippen molar-refractivity contribution in [1.29, 1.82) is 0 Å². The second kappa shape index (κ2) is 8.01. The molecule has 0 saturated heterocycles. The highest BCUT2D eigenvalue weighted by atomic mass is 16.5. The zero-order valence-electron chi connectivity index (χ0n) is 8.38. The topological polar surface area (TPSA) is 58.6 Å². The molecule has 0 aliphatic rings. The highest BCUT2D eigenvalue weighted by Crippen LogP contribution is 1.93. The fraction of sp³-hybridized carbons (Fsp3) is 0.889. The second-order valence-corrected chi connectivity index (χ2v) is 2.95. The zero-order chi connectivity index (χ0) is 10.1. The van der Waals surface area contributed by atoms with Crippen LogP contribution < -0.4 is 5.32 Å². The zero-order valence-corrected chi connectivity index (χ0v) is 8.38. The fourth-order valence-corrected chi connectivity index (χ4v) is 0.954. The van der Waals surface area contributed by atoms with Crippen LogP contribution in [0.2, 0.25) is 0 Å². The number of rotatable bonds is 7.